The smallest absolute Gasteiger partial charge is 0.341 e. The van der Waals surface area contributed by atoms with E-state index < -0.39 is 11.8 Å². The van der Waals surface area contributed by atoms with Crippen molar-refractivity contribution < 1.29 is 32.7 Å². The van der Waals surface area contributed by atoms with Crippen molar-refractivity contribution in [3.63, 3.8) is 0 Å². The normalized spacial score (nSPS) is 10.4. The topological polar surface area (TPSA) is 92.9 Å². The number of carbonyl (C=O) groups is 1. The summed E-state index contributed by atoms with van der Waals surface area (Å²) in [5.74, 6) is 0.0876. The average molecular weight is 388 g/mol. The minimum Gasteiger partial charge on any atom is -0.497 e. The molecule has 28 heavy (non-hydrogen) atoms. The average Bonchev–Trinajstić information content (AvgIpc) is 3.20. The van der Waals surface area contributed by atoms with Gasteiger partial charge in [-0.25, -0.2) is 9.18 Å². The standard InChI is InChI=1S/C19H17FN2O6/c1-24-11-4-6-13(15(20)8-11)19(23)27-10-17-21-18(22-28-17)14-7-5-12(25-2)9-16(14)26-3/h4-9H,10H2,1-3H3. The van der Waals surface area contributed by atoms with E-state index in [-0.39, 0.29) is 23.9 Å². The van der Waals surface area contributed by atoms with Crippen LogP contribution in [0.15, 0.2) is 40.9 Å². The molecule has 0 amide bonds. The van der Waals surface area contributed by atoms with Gasteiger partial charge in [-0.2, -0.15) is 4.98 Å². The van der Waals surface area contributed by atoms with Crippen LogP contribution in [0.1, 0.15) is 16.2 Å². The molecule has 1 aromatic heterocycles. The van der Waals surface area contributed by atoms with Crippen molar-refractivity contribution in [3.8, 4) is 28.6 Å². The lowest BCUT2D eigenvalue weighted by Crippen LogP contribution is -2.08. The Kier molecular flexibility index (Phi) is 5.73. The van der Waals surface area contributed by atoms with Crippen LogP contribution >= 0.6 is 0 Å². The summed E-state index contributed by atoms with van der Waals surface area (Å²) >= 11 is 0. The van der Waals surface area contributed by atoms with Crippen molar-refractivity contribution in [2.24, 2.45) is 0 Å². The number of carbonyl (C=O) groups excluding carboxylic acids is 1. The summed E-state index contributed by atoms with van der Waals surface area (Å²) in [5, 5.41) is 3.85. The van der Waals surface area contributed by atoms with Gasteiger partial charge in [0.1, 0.15) is 23.1 Å². The van der Waals surface area contributed by atoms with Crippen LogP contribution in [0.2, 0.25) is 0 Å². The zero-order chi connectivity index (χ0) is 20.1. The molecular weight excluding hydrogens is 371 g/mol. The van der Waals surface area contributed by atoms with Crippen LogP contribution in [0.25, 0.3) is 11.4 Å². The van der Waals surface area contributed by atoms with Crippen LogP contribution in [-0.4, -0.2) is 37.4 Å². The first-order chi connectivity index (χ1) is 13.5. The van der Waals surface area contributed by atoms with Crippen molar-refractivity contribution >= 4 is 5.97 Å². The Morgan fingerprint density at radius 1 is 1.04 bits per heavy atom. The number of rotatable bonds is 7. The van der Waals surface area contributed by atoms with E-state index in [0.29, 0.717) is 22.8 Å². The first kappa shape index (κ1) is 19.2. The molecule has 9 heteroatoms. The monoisotopic (exact) mass is 388 g/mol. The van der Waals surface area contributed by atoms with Gasteiger partial charge in [0.05, 0.1) is 32.5 Å². The third-order valence-corrected chi connectivity index (χ3v) is 3.84. The van der Waals surface area contributed by atoms with E-state index in [1.165, 1.54) is 26.4 Å². The molecule has 0 spiro atoms. The quantitative estimate of drug-likeness (QED) is 0.570. The lowest BCUT2D eigenvalue weighted by atomic mass is 10.2. The molecule has 0 radical (unpaired) electrons. The molecule has 0 fully saturated rings. The minimum atomic E-state index is -0.859. The van der Waals surface area contributed by atoms with Crippen LogP contribution in [0, 0.1) is 5.82 Å². The van der Waals surface area contributed by atoms with E-state index in [1.54, 1.807) is 25.3 Å². The third kappa shape index (κ3) is 4.03. The number of benzene rings is 2. The van der Waals surface area contributed by atoms with Gasteiger partial charge in [0.25, 0.3) is 5.89 Å². The zero-order valence-electron chi connectivity index (χ0n) is 15.4. The molecule has 0 saturated heterocycles. The van der Waals surface area contributed by atoms with Gasteiger partial charge >= 0.3 is 5.97 Å². The molecule has 0 aliphatic rings. The molecule has 1 heterocycles. The maximum atomic E-state index is 13.9. The van der Waals surface area contributed by atoms with E-state index in [0.717, 1.165) is 6.07 Å². The summed E-state index contributed by atoms with van der Waals surface area (Å²) < 4.78 is 39.4. The van der Waals surface area contributed by atoms with E-state index in [9.17, 15) is 9.18 Å². The van der Waals surface area contributed by atoms with E-state index in [1.807, 2.05) is 0 Å². The van der Waals surface area contributed by atoms with Gasteiger partial charge in [-0.1, -0.05) is 5.16 Å². The number of hydrogen-bond acceptors (Lipinski definition) is 8. The highest BCUT2D eigenvalue weighted by Crippen LogP contribution is 2.31. The summed E-state index contributed by atoms with van der Waals surface area (Å²) in [4.78, 5) is 16.2. The maximum Gasteiger partial charge on any atom is 0.341 e. The highest BCUT2D eigenvalue weighted by molar-refractivity contribution is 5.89. The molecule has 0 atom stereocenters. The fraction of sp³-hybridized carbons (Fsp3) is 0.211. The predicted octanol–water partition coefficient (Wildman–Crippen LogP) is 3.26. The summed E-state index contributed by atoms with van der Waals surface area (Å²) in [6.07, 6.45) is 0. The molecule has 0 aliphatic carbocycles. The Labute approximate surface area is 159 Å². The molecule has 0 N–H and O–H groups in total. The summed E-state index contributed by atoms with van der Waals surface area (Å²) in [6.45, 7) is -0.310. The SMILES string of the molecule is COc1ccc(C(=O)OCc2nc(-c3ccc(OC)cc3OC)no2)c(F)c1. The molecule has 3 aromatic rings. The van der Waals surface area contributed by atoms with E-state index in [4.69, 9.17) is 23.5 Å². The number of hydrogen-bond donors (Lipinski definition) is 0. The minimum absolute atomic E-state index is 0.0511. The lowest BCUT2D eigenvalue weighted by Gasteiger charge is -2.07. The van der Waals surface area contributed by atoms with Crippen molar-refractivity contribution in [1.82, 2.24) is 10.1 Å². The second kappa shape index (κ2) is 8.38. The van der Waals surface area contributed by atoms with Gasteiger partial charge in [0, 0.05) is 12.1 Å². The number of aromatic nitrogens is 2. The Morgan fingerprint density at radius 3 is 2.43 bits per heavy atom. The maximum absolute atomic E-state index is 13.9. The largest absolute Gasteiger partial charge is 0.497 e. The molecule has 2 aromatic carbocycles. The van der Waals surface area contributed by atoms with Gasteiger partial charge in [0.15, 0.2) is 6.61 Å². The van der Waals surface area contributed by atoms with Gasteiger partial charge in [0.2, 0.25) is 5.82 Å². The molecule has 0 bridgehead atoms. The van der Waals surface area contributed by atoms with Gasteiger partial charge in [-0.3, -0.25) is 0 Å². The number of methoxy groups -OCH3 is 3. The third-order valence-electron chi connectivity index (χ3n) is 3.84. The number of ether oxygens (including phenoxy) is 4. The van der Waals surface area contributed by atoms with Crippen molar-refractivity contribution in [2.45, 2.75) is 6.61 Å². The van der Waals surface area contributed by atoms with Crippen LogP contribution in [0.4, 0.5) is 4.39 Å². The molecule has 8 nitrogen and oxygen atoms in total. The van der Waals surface area contributed by atoms with E-state index >= 15 is 0 Å². The van der Waals surface area contributed by atoms with Crippen LogP contribution in [-0.2, 0) is 11.3 Å². The molecule has 0 saturated carbocycles. The molecular formula is C19H17FN2O6. The van der Waals surface area contributed by atoms with Crippen LogP contribution in [0.3, 0.4) is 0 Å². The second-order valence-corrected chi connectivity index (χ2v) is 5.50. The molecule has 146 valence electrons. The van der Waals surface area contributed by atoms with Crippen LogP contribution < -0.4 is 14.2 Å². The second-order valence-electron chi connectivity index (χ2n) is 5.50. The van der Waals surface area contributed by atoms with Gasteiger partial charge in [-0.15, -0.1) is 0 Å². The Hall–Kier alpha value is -3.62. The first-order valence-corrected chi connectivity index (χ1v) is 8.11. The number of halogens is 1. The highest BCUT2D eigenvalue weighted by atomic mass is 19.1. The Morgan fingerprint density at radius 2 is 1.75 bits per heavy atom. The fourth-order valence-corrected chi connectivity index (χ4v) is 2.40. The number of nitrogens with zero attached hydrogens (tertiary/aromatic N) is 2. The van der Waals surface area contributed by atoms with Crippen molar-refractivity contribution in [3.05, 3.63) is 53.7 Å². The molecule has 0 unspecified atom stereocenters. The van der Waals surface area contributed by atoms with Crippen molar-refractivity contribution in [1.29, 1.82) is 0 Å². The highest BCUT2D eigenvalue weighted by Gasteiger charge is 2.18. The van der Waals surface area contributed by atoms with Gasteiger partial charge < -0.3 is 23.5 Å². The van der Waals surface area contributed by atoms with Gasteiger partial charge in [-0.05, 0) is 24.3 Å². The Bertz CT molecular complexity index is 988. The van der Waals surface area contributed by atoms with Crippen LogP contribution in [0.5, 0.6) is 17.2 Å². The zero-order valence-corrected chi connectivity index (χ0v) is 15.4. The molecule has 3 rings (SSSR count). The number of esters is 1. The van der Waals surface area contributed by atoms with Crippen molar-refractivity contribution in [2.75, 3.05) is 21.3 Å². The summed E-state index contributed by atoms with van der Waals surface area (Å²) in [7, 11) is 4.45. The fourth-order valence-electron chi connectivity index (χ4n) is 2.40. The Balaban J connectivity index is 1.71. The van der Waals surface area contributed by atoms with E-state index in [2.05, 4.69) is 10.1 Å². The predicted molar refractivity (Wildman–Crippen MR) is 94.9 cm³/mol. The molecule has 0 aliphatic heterocycles. The summed E-state index contributed by atoms with van der Waals surface area (Å²) in [5.41, 5.74) is 0.350. The lowest BCUT2D eigenvalue weighted by molar-refractivity contribution is 0.0424. The summed E-state index contributed by atoms with van der Waals surface area (Å²) in [6, 6.07) is 8.94. The first-order valence-electron chi connectivity index (χ1n) is 8.11.